The first-order chi connectivity index (χ1) is 10.0. The number of nitrogen functional groups attached to an aromatic ring is 1. The van der Waals surface area contributed by atoms with Gasteiger partial charge in [-0.25, -0.2) is 0 Å². The molecule has 0 spiro atoms. The van der Waals surface area contributed by atoms with E-state index in [1.807, 2.05) is 19.1 Å². The van der Waals surface area contributed by atoms with E-state index in [2.05, 4.69) is 28.5 Å². The van der Waals surface area contributed by atoms with Crippen LogP contribution in [0.2, 0.25) is 5.02 Å². The summed E-state index contributed by atoms with van der Waals surface area (Å²) in [5, 5.41) is 12.5. The number of hydrogen-bond acceptors (Lipinski definition) is 4. The van der Waals surface area contributed by atoms with Gasteiger partial charge in [-0.3, -0.25) is 0 Å². The Balaban J connectivity index is 2.17. The second-order valence-corrected chi connectivity index (χ2v) is 5.41. The molecule has 21 heavy (non-hydrogen) atoms. The zero-order chi connectivity index (χ0) is 15.0. The second kappa shape index (κ2) is 5.18. The summed E-state index contributed by atoms with van der Waals surface area (Å²) in [5.74, 6) is 0.608. The molecule has 2 N–H and O–H groups in total. The standard InChI is InChI=1S/C15H14ClN5/c1-9-3-4-14(10(2)5-9)21-15(18-19-20-21)11-6-12(16)8-13(17)7-11/h3-8H,17H2,1-2H3. The van der Waals surface area contributed by atoms with E-state index in [0.29, 0.717) is 16.5 Å². The third-order valence-corrected chi connectivity index (χ3v) is 3.45. The number of halogens is 1. The third-order valence-electron chi connectivity index (χ3n) is 3.23. The Kier molecular flexibility index (Phi) is 3.35. The number of tetrazole rings is 1. The predicted octanol–water partition coefficient (Wildman–Crippen LogP) is 3.18. The fourth-order valence-corrected chi connectivity index (χ4v) is 2.56. The van der Waals surface area contributed by atoms with E-state index in [1.165, 1.54) is 5.56 Å². The van der Waals surface area contributed by atoms with E-state index >= 15 is 0 Å². The van der Waals surface area contributed by atoms with Crippen molar-refractivity contribution in [2.75, 3.05) is 5.73 Å². The summed E-state index contributed by atoms with van der Waals surface area (Å²) in [7, 11) is 0. The van der Waals surface area contributed by atoms with Crippen LogP contribution in [0.1, 0.15) is 11.1 Å². The Labute approximate surface area is 127 Å². The van der Waals surface area contributed by atoms with Gasteiger partial charge in [0.2, 0.25) is 0 Å². The van der Waals surface area contributed by atoms with Crippen molar-refractivity contribution in [2.24, 2.45) is 0 Å². The van der Waals surface area contributed by atoms with Crippen LogP contribution >= 0.6 is 11.6 Å². The Morgan fingerprint density at radius 2 is 1.90 bits per heavy atom. The van der Waals surface area contributed by atoms with Gasteiger partial charge in [-0.05, 0) is 54.1 Å². The molecule has 5 nitrogen and oxygen atoms in total. The molecule has 0 atom stereocenters. The second-order valence-electron chi connectivity index (χ2n) is 4.98. The molecule has 0 unspecified atom stereocenters. The van der Waals surface area contributed by atoms with Crippen LogP contribution in [0.4, 0.5) is 5.69 Å². The fraction of sp³-hybridized carbons (Fsp3) is 0.133. The van der Waals surface area contributed by atoms with Crippen LogP contribution in [-0.2, 0) is 0 Å². The molecule has 0 aliphatic heterocycles. The van der Waals surface area contributed by atoms with E-state index in [4.69, 9.17) is 17.3 Å². The van der Waals surface area contributed by atoms with E-state index in [9.17, 15) is 0 Å². The molecule has 0 radical (unpaired) electrons. The molecule has 2 aromatic carbocycles. The summed E-state index contributed by atoms with van der Waals surface area (Å²) < 4.78 is 1.69. The molecule has 3 rings (SSSR count). The van der Waals surface area contributed by atoms with Gasteiger partial charge < -0.3 is 5.73 Å². The third kappa shape index (κ3) is 2.60. The van der Waals surface area contributed by atoms with Gasteiger partial charge in [0.25, 0.3) is 0 Å². The van der Waals surface area contributed by atoms with Crippen LogP contribution in [-0.4, -0.2) is 20.2 Å². The number of benzene rings is 2. The summed E-state index contributed by atoms with van der Waals surface area (Å²) in [6, 6.07) is 11.4. The van der Waals surface area contributed by atoms with E-state index in [-0.39, 0.29) is 0 Å². The molecule has 0 saturated carbocycles. The van der Waals surface area contributed by atoms with Gasteiger partial charge in [0.05, 0.1) is 5.69 Å². The highest BCUT2D eigenvalue weighted by atomic mass is 35.5. The van der Waals surface area contributed by atoms with Gasteiger partial charge in [-0.2, -0.15) is 4.68 Å². The van der Waals surface area contributed by atoms with Crippen LogP contribution in [0.15, 0.2) is 36.4 Å². The van der Waals surface area contributed by atoms with Gasteiger partial charge in [0.15, 0.2) is 5.82 Å². The van der Waals surface area contributed by atoms with E-state index in [1.54, 1.807) is 22.9 Å². The maximum Gasteiger partial charge on any atom is 0.187 e. The molecule has 0 saturated heterocycles. The summed E-state index contributed by atoms with van der Waals surface area (Å²) in [5.41, 5.74) is 10.4. The van der Waals surface area contributed by atoms with E-state index < -0.39 is 0 Å². The minimum atomic E-state index is 0.556. The SMILES string of the molecule is Cc1ccc(-n2nnnc2-c2cc(N)cc(Cl)c2)c(C)c1. The molecule has 3 aromatic rings. The van der Waals surface area contributed by atoms with Crippen LogP contribution < -0.4 is 5.73 Å². The minimum Gasteiger partial charge on any atom is -0.399 e. The molecule has 0 fully saturated rings. The predicted molar refractivity (Wildman–Crippen MR) is 83.5 cm³/mol. The number of aryl methyl sites for hydroxylation is 2. The van der Waals surface area contributed by atoms with Gasteiger partial charge >= 0.3 is 0 Å². The van der Waals surface area contributed by atoms with Crippen molar-refractivity contribution in [3.63, 3.8) is 0 Å². The highest BCUT2D eigenvalue weighted by Gasteiger charge is 2.13. The zero-order valence-electron chi connectivity index (χ0n) is 11.7. The molecular formula is C15H14ClN5. The lowest BCUT2D eigenvalue weighted by molar-refractivity contribution is 0.787. The Hall–Kier alpha value is -2.40. The first-order valence-corrected chi connectivity index (χ1v) is 6.85. The molecule has 0 amide bonds. The number of rotatable bonds is 2. The number of anilines is 1. The van der Waals surface area contributed by atoms with Crippen molar-refractivity contribution < 1.29 is 0 Å². The Morgan fingerprint density at radius 1 is 1.10 bits per heavy atom. The highest BCUT2D eigenvalue weighted by molar-refractivity contribution is 6.31. The summed E-state index contributed by atoms with van der Waals surface area (Å²) in [6.07, 6.45) is 0. The molecule has 6 heteroatoms. The first-order valence-electron chi connectivity index (χ1n) is 6.47. The average molecular weight is 300 g/mol. The smallest absolute Gasteiger partial charge is 0.187 e. The minimum absolute atomic E-state index is 0.556. The summed E-state index contributed by atoms with van der Waals surface area (Å²) in [4.78, 5) is 0. The van der Waals surface area contributed by atoms with Crippen LogP contribution in [0.25, 0.3) is 17.1 Å². The largest absolute Gasteiger partial charge is 0.399 e. The van der Waals surface area contributed by atoms with Crippen molar-refractivity contribution in [1.29, 1.82) is 0 Å². The number of aromatic nitrogens is 4. The molecular weight excluding hydrogens is 286 g/mol. The lowest BCUT2D eigenvalue weighted by Gasteiger charge is -2.09. The average Bonchev–Trinajstić information content (AvgIpc) is 2.86. The fourth-order valence-electron chi connectivity index (χ4n) is 2.31. The quantitative estimate of drug-likeness (QED) is 0.738. The molecule has 1 heterocycles. The van der Waals surface area contributed by atoms with Crippen molar-refractivity contribution in [2.45, 2.75) is 13.8 Å². The molecule has 0 aliphatic rings. The van der Waals surface area contributed by atoms with Gasteiger partial charge in [0.1, 0.15) is 0 Å². The topological polar surface area (TPSA) is 69.6 Å². The van der Waals surface area contributed by atoms with Crippen LogP contribution in [0.3, 0.4) is 0 Å². The van der Waals surface area contributed by atoms with Crippen molar-refractivity contribution in [3.8, 4) is 17.1 Å². The highest BCUT2D eigenvalue weighted by Crippen LogP contribution is 2.26. The summed E-state index contributed by atoms with van der Waals surface area (Å²) >= 11 is 6.06. The summed E-state index contributed by atoms with van der Waals surface area (Å²) in [6.45, 7) is 4.08. The van der Waals surface area contributed by atoms with E-state index in [0.717, 1.165) is 16.8 Å². The number of nitrogens with zero attached hydrogens (tertiary/aromatic N) is 4. The Bertz CT molecular complexity index is 789. The number of nitrogens with two attached hydrogens (primary N) is 1. The maximum absolute atomic E-state index is 6.06. The Morgan fingerprint density at radius 3 is 2.62 bits per heavy atom. The van der Waals surface area contributed by atoms with Crippen molar-refractivity contribution >= 4 is 17.3 Å². The van der Waals surface area contributed by atoms with Crippen molar-refractivity contribution in [1.82, 2.24) is 20.2 Å². The van der Waals surface area contributed by atoms with Crippen LogP contribution in [0, 0.1) is 13.8 Å². The monoisotopic (exact) mass is 299 g/mol. The number of hydrogen-bond donors (Lipinski definition) is 1. The molecule has 0 bridgehead atoms. The van der Waals surface area contributed by atoms with Gasteiger partial charge in [-0.1, -0.05) is 29.3 Å². The zero-order valence-corrected chi connectivity index (χ0v) is 12.5. The molecule has 0 aliphatic carbocycles. The maximum atomic E-state index is 6.06. The normalized spacial score (nSPS) is 10.8. The molecule has 106 valence electrons. The van der Waals surface area contributed by atoms with Crippen LogP contribution in [0.5, 0.6) is 0 Å². The first kappa shape index (κ1) is 13.6. The molecule has 1 aromatic heterocycles. The lowest BCUT2D eigenvalue weighted by atomic mass is 10.1. The van der Waals surface area contributed by atoms with Gasteiger partial charge in [-0.15, -0.1) is 5.10 Å². The van der Waals surface area contributed by atoms with Crippen molar-refractivity contribution in [3.05, 3.63) is 52.5 Å². The van der Waals surface area contributed by atoms with Gasteiger partial charge in [0, 0.05) is 16.3 Å². The lowest BCUT2D eigenvalue weighted by Crippen LogP contribution is -2.02.